The zero-order valence-electron chi connectivity index (χ0n) is 18.2. The summed E-state index contributed by atoms with van der Waals surface area (Å²) >= 11 is 0. The minimum Gasteiger partial charge on any atom is -0.489 e. The topological polar surface area (TPSA) is 80.7 Å². The van der Waals surface area contributed by atoms with Gasteiger partial charge in [-0.05, 0) is 56.6 Å². The minimum atomic E-state index is -4.25. The van der Waals surface area contributed by atoms with E-state index in [9.17, 15) is 13.2 Å². The van der Waals surface area contributed by atoms with Crippen LogP contribution in [0.3, 0.4) is 0 Å². The molecule has 3 aromatic heterocycles. The lowest BCUT2D eigenvalue weighted by atomic mass is 9.92. The quantitative estimate of drug-likeness (QED) is 0.591. The molecule has 1 N–H and O–H groups in total. The van der Waals surface area contributed by atoms with Crippen molar-refractivity contribution in [2.45, 2.75) is 44.8 Å². The second-order valence-corrected chi connectivity index (χ2v) is 9.62. The fourth-order valence-corrected chi connectivity index (χ4v) is 5.22. The van der Waals surface area contributed by atoms with Gasteiger partial charge in [0.05, 0.1) is 5.69 Å². The number of hydrogen-bond acceptors (Lipinski definition) is 7. The SMILES string of the molecule is Cc1cc(N2CC3CC[C@@H](C2)[C@@H]3Nc2nc3c(OCC4(C(F)(F)F)CC4)cccn3n2)on1. The van der Waals surface area contributed by atoms with Crippen LogP contribution in [0.4, 0.5) is 25.0 Å². The van der Waals surface area contributed by atoms with Gasteiger partial charge in [-0.15, -0.1) is 5.10 Å². The molecule has 0 radical (unpaired) electrons. The average Bonchev–Trinajstić information content (AvgIpc) is 3.20. The van der Waals surface area contributed by atoms with Gasteiger partial charge in [0, 0.05) is 31.4 Å². The third kappa shape index (κ3) is 3.57. The standard InChI is InChI=1S/C22H25F3N6O2/c1-13-9-17(33-29-13)30-10-14-4-5-15(11-30)18(14)26-20-27-19-16(3-2-8-31(19)28-20)32-12-21(6-7-21)22(23,24)25/h2-3,8-9,14-15,18H,4-7,10-12H2,1H3,(H,26,28)/t14-,15?,18-/m0/s1. The normalized spacial score (nSPS) is 26.1. The Hall–Kier alpha value is -2.98. The largest absolute Gasteiger partial charge is 0.489 e. The molecule has 0 amide bonds. The van der Waals surface area contributed by atoms with Crippen LogP contribution in [0.2, 0.25) is 0 Å². The number of aromatic nitrogens is 4. The first-order chi connectivity index (χ1) is 15.8. The lowest BCUT2D eigenvalue weighted by Crippen LogP contribution is -2.48. The predicted octanol–water partition coefficient (Wildman–Crippen LogP) is 4.07. The number of ether oxygens (including phenoxy) is 1. The lowest BCUT2D eigenvalue weighted by Gasteiger charge is -2.37. The van der Waals surface area contributed by atoms with E-state index >= 15 is 0 Å². The fraction of sp³-hybridized carbons (Fsp3) is 0.591. The van der Waals surface area contributed by atoms with Gasteiger partial charge in [0.1, 0.15) is 12.0 Å². The van der Waals surface area contributed by atoms with Crippen molar-refractivity contribution in [2.24, 2.45) is 17.3 Å². The molecule has 3 atom stereocenters. The van der Waals surface area contributed by atoms with E-state index in [1.165, 1.54) is 0 Å². The number of aryl methyl sites for hydroxylation is 1. The molecule has 3 aromatic rings. The number of piperidine rings is 1. The van der Waals surface area contributed by atoms with E-state index in [1.807, 2.05) is 13.0 Å². The molecule has 2 bridgehead atoms. The summed E-state index contributed by atoms with van der Waals surface area (Å²) in [6.07, 6.45) is -0.111. The Kier molecular flexibility index (Phi) is 4.54. The Balaban J connectivity index is 1.17. The van der Waals surface area contributed by atoms with Gasteiger partial charge in [0.25, 0.3) is 0 Å². The Bertz CT molecular complexity index is 1160. The number of nitrogens with zero attached hydrogens (tertiary/aromatic N) is 5. The summed E-state index contributed by atoms with van der Waals surface area (Å²) in [6, 6.07) is 5.53. The summed E-state index contributed by atoms with van der Waals surface area (Å²) in [4.78, 5) is 6.81. The summed E-state index contributed by atoms with van der Waals surface area (Å²) < 4.78 is 52.4. The van der Waals surface area contributed by atoms with Crippen LogP contribution in [0.15, 0.2) is 28.9 Å². The van der Waals surface area contributed by atoms with E-state index in [0.29, 0.717) is 29.2 Å². The minimum absolute atomic E-state index is 0.105. The highest BCUT2D eigenvalue weighted by atomic mass is 19.4. The molecular weight excluding hydrogens is 437 g/mol. The van der Waals surface area contributed by atoms with Crippen molar-refractivity contribution >= 4 is 17.5 Å². The van der Waals surface area contributed by atoms with Crippen LogP contribution >= 0.6 is 0 Å². The van der Waals surface area contributed by atoms with Crippen LogP contribution in [0.25, 0.3) is 5.65 Å². The summed E-state index contributed by atoms with van der Waals surface area (Å²) in [7, 11) is 0. The summed E-state index contributed by atoms with van der Waals surface area (Å²) in [5, 5.41) is 12.0. The summed E-state index contributed by atoms with van der Waals surface area (Å²) in [6.45, 7) is 3.25. The van der Waals surface area contributed by atoms with Crippen molar-refractivity contribution in [3.05, 3.63) is 30.1 Å². The van der Waals surface area contributed by atoms with Crippen LogP contribution in [-0.2, 0) is 0 Å². The van der Waals surface area contributed by atoms with Crippen molar-refractivity contribution in [1.82, 2.24) is 19.8 Å². The highest BCUT2D eigenvalue weighted by molar-refractivity contribution is 5.56. The molecule has 0 aromatic carbocycles. The van der Waals surface area contributed by atoms with E-state index in [-0.39, 0.29) is 18.9 Å². The molecular formula is C22H25F3N6O2. The van der Waals surface area contributed by atoms with Gasteiger partial charge in [-0.3, -0.25) is 0 Å². The first kappa shape index (κ1) is 20.6. The highest BCUT2D eigenvalue weighted by Crippen LogP contribution is 2.57. The number of nitrogens with one attached hydrogen (secondary N) is 1. The third-order valence-electron chi connectivity index (χ3n) is 7.34. The average molecular weight is 462 g/mol. The molecule has 2 aliphatic carbocycles. The van der Waals surface area contributed by atoms with Crippen molar-refractivity contribution < 1.29 is 22.4 Å². The molecule has 176 valence electrons. The van der Waals surface area contributed by atoms with Crippen LogP contribution in [0.1, 0.15) is 31.4 Å². The molecule has 4 heterocycles. The first-order valence-corrected chi connectivity index (χ1v) is 11.3. The second-order valence-electron chi connectivity index (χ2n) is 9.62. The number of anilines is 2. The first-order valence-electron chi connectivity index (χ1n) is 11.3. The van der Waals surface area contributed by atoms with Gasteiger partial charge in [0.2, 0.25) is 11.8 Å². The number of alkyl halides is 3. The smallest absolute Gasteiger partial charge is 0.397 e. The molecule has 2 saturated carbocycles. The second kappa shape index (κ2) is 7.26. The van der Waals surface area contributed by atoms with Crippen molar-refractivity contribution in [1.29, 1.82) is 0 Å². The van der Waals surface area contributed by atoms with Gasteiger partial charge in [-0.25, -0.2) is 4.52 Å². The van der Waals surface area contributed by atoms with Gasteiger partial charge in [0.15, 0.2) is 11.4 Å². The fourth-order valence-electron chi connectivity index (χ4n) is 5.22. The van der Waals surface area contributed by atoms with Crippen molar-refractivity contribution in [2.75, 3.05) is 29.9 Å². The molecule has 6 rings (SSSR count). The molecule has 3 fully saturated rings. The van der Waals surface area contributed by atoms with E-state index in [0.717, 1.165) is 37.5 Å². The number of hydrogen-bond donors (Lipinski definition) is 1. The molecule has 1 unspecified atom stereocenters. The molecule has 33 heavy (non-hydrogen) atoms. The van der Waals surface area contributed by atoms with Crippen LogP contribution in [0.5, 0.6) is 5.75 Å². The highest BCUT2D eigenvalue weighted by Gasteiger charge is 2.64. The van der Waals surface area contributed by atoms with Gasteiger partial charge < -0.3 is 19.5 Å². The third-order valence-corrected chi connectivity index (χ3v) is 7.34. The monoisotopic (exact) mass is 462 g/mol. The number of fused-ring (bicyclic) bond motifs is 3. The van der Waals surface area contributed by atoms with E-state index in [2.05, 4.69) is 25.5 Å². The Labute approximate surface area is 188 Å². The van der Waals surface area contributed by atoms with E-state index in [4.69, 9.17) is 9.26 Å². The molecule has 11 heteroatoms. The number of rotatable bonds is 6. The predicted molar refractivity (Wildman–Crippen MR) is 113 cm³/mol. The van der Waals surface area contributed by atoms with E-state index in [1.54, 1.807) is 22.8 Å². The van der Waals surface area contributed by atoms with Crippen LogP contribution in [0, 0.1) is 24.2 Å². The van der Waals surface area contributed by atoms with Gasteiger partial charge in [-0.2, -0.15) is 18.2 Å². The lowest BCUT2D eigenvalue weighted by molar-refractivity contribution is -0.194. The molecule has 0 spiro atoms. The molecule has 8 nitrogen and oxygen atoms in total. The number of halogens is 3. The summed E-state index contributed by atoms with van der Waals surface area (Å²) in [5.74, 6) is 2.42. The summed E-state index contributed by atoms with van der Waals surface area (Å²) in [5.41, 5.74) is -0.442. The van der Waals surface area contributed by atoms with Crippen molar-refractivity contribution in [3.63, 3.8) is 0 Å². The Morgan fingerprint density at radius 2 is 2.00 bits per heavy atom. The Morgan fingerprint density at radius 3 is 2.64 bits per heavy atom. The molecule has 1 saturated heterocycles. The zero-order chi connectivity index (χ0) is 22.8. The van der Waals surface area contributed by atoms with Crippen LogP contribution < -0.4 is 15.0 Å². The zero-order valence-corrected chi connectivity index (χ0v) is 18.2. The molecule has 3 aliphatic rings. The number of pyridine rings is 1. The maximum absolute atomic E-state index is 13.3. The Morgan fingerprint density at radius 1 is 1.24 bits per heavy atom. The molecule has 1 aliphatic heterocycles. The maximum atomic E-state index is 13.3. The van der Waals surface area contributed by atoms with E-state index < -0.39 is 18.2 Å². The maximum Gasteiger partial charge on any atom is 0.397 e. The van der Waals surface area contributed by atoms with Gasteiger partial charge >= 0.3 is 6.18 Å². The van der Waals surface area contributed by atoms with Crippen molar-refractivity contribution in [3.8, 4) is 5.75 Å². The van der Waals surface area contributed by atoms with Gasteiger partial charge in [-0.1, -0.05) is 5.16 Å². The van der Waals surface area contributed by atoms with Crippen LogP contribution in [-0.4, -0.2) is 51.7 Å².